The van der Waals surface area contributed by atoms with E-state index >= 15 is 0 Å². The molecule has 0 aliphatic heterocycles. The molecule has 1 radical (unpaired) electrons. The predicted molar refractivity (Wildman–Crippen MR) is 58.9 cm³/mol. The number of benzene rings is 1. The number of rotatable bonds is 2. The summed E-state index contributed by atoms with van der Waals surface area (Å²) >= 11 is 0. The van der Waals surface area contributed by atoms with Gasteiger partial charge >= 0.3 is 0 Å². The largest absolute Gasteiger partial charge is 0.444 e. The minimum absolute atomic E-state index is 0.612. The minimum Gasteiger partial charge on any atom is -0.444 e. The lowest BCUT2D eigenvalue weighted by atomic mass is 10.3. The van der Waals surface area contributed by atoms with Crippen LogP contribution in [0.15, 0.2) is 34.9 Å². The van der Waals surface area contributed by atoms with Crippen LogP contribution in [-0.2, 0) is 6.54 Å². The smallest absolute Gasteiger partial charge is 0.191 e. The van der Waals surface area contributed by atoms with Crippen molar-refractivity contribution in [2.24, 2.45) is 0 Å². The van der Waals surface area contributed by atoms with Crippen LogP contribution in [0.1, 0.15) is 11.7 Å². The van der Waals surface area contributed by atoms with Crippen LogP contribution >= 0.6 is 0 Å². The quantitative estimate of drug-likeness (QED) is 0.654. The summed E-state index contributed by atoms with van der Waals surface area (Å²) in [5.41, 5.74) is 2.00. The molecule has 0 amide bonds. The molecule has 2 aromatic heterocycles. The van der Waals surface area contributed by atoms with Crippen LogP contribution in [0.3, 0.4) is 0 Å². The molecular weight excluding hydrogens is 202 g/mol. The highest BCUT2D eigenvalue weighted by Crippen LogP contribution is 2.13. The van der Waals surface area contributed by atoms with Crippen LogP contribution in [0.5, 0.6) is 0 Å². The van der Waals surface area contributed by atoms with Gasteiger partial charge in [-0.2, -0.15) is 0 Å². The van der Waals surface area contributed by atoms with E-state index in [1.807, 2.05) is 35.8 Å². The molecule has 0 saturated carbocycles. The van der Waals surface area contributed by atoms with Gasteiger partial charge in [-0.25, -0.2) is 9.97 Å². The highest BCUT2D eigenvalue weighted by Gasteiger charge is 2.05. The first-order valence-electron chi connectivity index (χ1n) is 5.07. The molecule has 3 aromatic rings. The van der Waals surface area contributed by atoms with Crippen molar-refractivity contribution in [3.05, 3.63) is 48.4 Å². The molecule has 0 aliphatic rings. The minimum atomic E-state index is 0.612. The summed E-state index contributed by atoms with van der Waals surface area (Å²) in [4.78, 5) is 8.26. The van der Waals surface area contributed by atoms with Crippen molar-refractivity contribution in [1.82, 2.24) is 14.5 Å². The number of hydrogen-bond donors (Lipinski definition) is 0. The summed E-state index contributed by atoms with van der Waals surface area (Å²) < 4.78 is 7.35. The number of hydrogen-bond acceptors (Lipinski definition) is 3. The fourth-order valence-electron chi connectivity index (χ4n) is 1.71. The highest BCUT2D eigenvalue weighted by atomic mass is 16.4. The van der Waals surface area contributed by atoms with Crippen molar-refractivity contribution in [3.8, 4) is 0 Å². The van der Waals surface area contributed by atoms with Gasteiger partial charge in [0.15, 0.2) is 12.2 Å². The molecule has 1 aromatic carbocycles. The summed E-state index contributed by atoms with van der Waals surface area (Å²) in [6.07, 6.45) is 4.68. The van der Waals surface area contributed by atoms with E-state index in [2.05, 4.69) is 16.3 Å². The van der Waals surface area contributed by atoms with E-state index in [0.29, 0.717) is 12.4 Å². The molecule has 0 fully saturated rings. The molecule has 3 rings (SSSR count). The lowest BCUT2D eigenvalue weighted by Gasteiger charge is -1.99. The zero-order valence-corrected chi connectivity index (χ0v) is 8.84. The van der Waals surface area contributed by atoms with Gasteiger partial charge in [-0.15, -0.1) is 0 Å². The van der Waals surface area contributed by atoms with Crippen molar-refractivity contribution < 1.29 is 4.42 Å². The second-order valence-electron chi connectivity index (χ2n) is 3.63. The van der Waals surface area contributed by atoms with Gasteiger partial charge < -0.3 is 8.98 Å². The van der Waals surface area contributed by atoms with Gasteiger partial charge in [0.2, 0.25) is 0 Å². The van der Waals surface area contributed by atoms with Crippen LogP contribution < -0.4 is 0 Å². The number of aromatic nitrogens is 3. The van der Waals surface area contributed by atoms with E-state index in [1.165, 1.54) is 0 Å². The fourth-order valence-corrected chi connectivity index (χ4v) is 1.71. The number of para-hydroxylation sites is 2. The first kappa shape index (κ1) is 9.15. The Bertz CT molecular complexity index is 624. The molecule has 0 spiro atoms. The topological polar surface area (TPSA) is 43.9 Å². The number of imidazole rings is 1. The Hall–Kier alpha value is -2.10. The maximum absolute atomic E-state index is 5.43. The average Bonchev–Trinajstić information content (AvgIpc) is 2.87. The average molecular weight is 212 g/mol. The SMILES string of the molecule is Cc1ncc(Cn2[c]nc3ccccc32)o1. The molecular formula is C12H10N3O. The van der Waals surface area contributed by atoms with Gasteiger partial charge in [0, 0.05) is 6.92 Å². The standard InChI is InChI=1S/C12H10N3O/c1-9-13-6-10(16-9)7-15-8-14-11-4-2-3-5-12(11)15/h2-6H,7H2,1H3. The van der Waals surface area contributed by atoms with Gasteiger partial charge in [-0.05, 0) is 12.1 Å². The molecule has 0 aliphatic carbocycles. The van der Waals surface area contributed by atoms with E-state index in [1.54, 1.807) is 6.20 Å². The van der Waals surface area contributed by atoms with E-state index in [-0.39, 0.29) is 0 Å². The summed E-state index contributed by atoms with van der Waals surface area (Å²) in [6, 6.07) is 7.93. The molecule has 4 heteroatoms. The first-order valence-corrected chi connectivity index (χ1v) is 5.07. The first-order chi connectivity index (χ1) is 7.83. The highest BCUT2D eigenvalue weighted by molar-refractivity contribution is 5.74. The maximum atomic E-state index is 5.43. The molecule has 0 N–H and O–H groups in total. The summed E-state index contributed by atoms with van der Waals surface area (Å²) in [5.74, 6) is 1.50. The summed E-state index contributed by atoms with van der Waals surface area (Å²) in [5, 5.41) is 0. The second-order valence-corrected chi connectivity index (χ2v) is 3.63. The Morgan fingerprint density at radius 2 is 2.25 bits per heavy atom. The summed E-state index contributed by atoms with van der Waals surface area (Å²) in [7, 11) is 0. The van der Waals surface area contributed by atoms with Crippen molar-refractivity contribution in [3.63, 3.8) is 0 Å². The second kappa shape index (κ2) is 3.48. The van der Waals surface area contributed by atoms with Crippen LogP contribution in [0, 0.1) is 13.3 Å². The Morgan fingerprint density at radius 3 is 3.06 bits per heavy atom. The van der Waals surface area contributed by atoms with Gasteiger partial charge in [0.25, 0.3) is 0 Å². The molecule has 79 valence electrons. The van der Waals surface area contributed by atoms with E-state index in [9.17, 15) is 0 Å². The molecule has 0 saturated heterocycles. The van der Waals surface area contributed by atoms with Gasteiger partial charge in [0.1, 0.15) is 5.76 Å². The van der Waals surface area contributed by atoms with Gasteiger partial charge in [0.05, 0.1) is 23.8 Å². The van der Waals surface area contributed by atoms with Crippen molar-refractivity contribution in [2.75, 3.05) is 0 Å². The molecule has 0 atom stereocenters. The maximum Gasteiger partial charge on any atom is 0.191 e. The van der Waals surface area contributed by atoms with Crippen molar-refractivity contribution >= 4 is 11.0 Å². The number of oxazole rings is 1. The summed E-state index contributed by atoms with van der Waals surface area (Å²) in [6.45, 7) is 2.45. The van der Waals surface area contributed by atoms with E-state index in [4.69, 9.17) is 4.42 Å². The van der Waals surface area contributed by atoms with Crippen molar-refractivity contribution in [1.29, 1.82) is 0 Å². The Morgan fingerprint density at radius 1 is 1.38 bits per heavy atom. The number of aryl methyl sites for hydroxylation is 1. The molecule has 16 heavy (non-hydrogen) atoms. The lowest BCUT2D eigenvalue weighted by molar-refractivity contribution is 0.464. The molecule has 0 unspecified atom stereocenters. The van der Waals surface area contributed by atoms with Crippen LogP contribution in [0.4, 0.5) is 0 Å². The zero-order chi connectivity index (χ0) is 11.0. The normalized spacial score (nSPS) is 11.1. The Balaban J connectivity index is 2.00. The van der Waals surface area contributed by atoms with Crippen LogP contribution in [-0.4, -0.2) is 14.5 Å². The number of nitrogens with zero attached hydrogens (tertiary/aromatic N) is 3. The Kier molecular flexibility index (Phi) is 1.99. The molecule has 0 bridgehead atoms. The van der Waals surface area contributed by atoms with E-state index in [0.717, 1.165) is 16.8 Å². The van der Waals surface area contributed by atoms with Gasteiger partial charge in [-0.3, -0.25) is 0 Å². The van der Waals surface area contributed by atoms with Crippen LogP contribution in [0.25, 0.3) is 11.0 Å². The van der Waals surface area contributed by atoms with Crippen LogP contribution in [0.2, 0.25) is 0 Å². The lowest BCUT2D eigenvalue weighted by Crippen LogP contribution is -1.96. The van der Waals surface area contributed by atoms with Gasteiger partial charge in [-0.1, -0.05) is 12.1 Å². The third kappa shape index (κ3) is 1.48. The van der Waals surface area contributed by atoms with Crippen molar-refractivity contribution in [2.45, 2.75) is 13.5 Å². The van der Waals surface area contributed by atoms with E-state index < -0.39 is 0 Å². The Labute approximate surface area is 92.6 Å². The third-order valence-electron chi connectivity index (χ3n) is 2.45. The number of fused-ring (bicyclic) bond motifs is 1. The monoisotopic (exact) mass is 212 g/mol. The fraction of sp³-hybridized carbons (Fsp3) is 0.167. The predicted octanol–water partition coefficient (Wildman–Crippen LogP) is 2.18. The zero-order valence-electron chi connectivity index (χ0n) is 8.84. The third-order valence-corrected chi connectivity index (χ3v) is 2.45. The molecule has 2 heterocycles. The molecule has 4 nitrogen and oxygen atoms in total.